The zero-order valence-corrected chi connectivity index (χ0v) is 11.3. The second-order valence-corrected chi connectivity index (χ2v) is 4.76. The molecule has 1 aromatic rings. The van der Waals surface area contributed by atoms with E-state index in [1.807, 2.05) is 6.92 Å². The van der Waals surface area contributed by atoms with Gasteiger partial charge in [-0.05, 0) is 30.9 Å². The van der Waals surface area contributed by atoms with Crippen molar-refractivity contribution in [2.75, 3.05) is 6.54 Å². The zero-order valence-electron chi connectivity index (χ0n) is 10.5. The standard InChI is InChI=1S/C13H16F2N2O.ClH/c1-7(6-16)17-13(18)11-5-10(11)9-3-2-8(14)4-12(9)15;/h2-4,7,10-11H,5-6,16H2,1H3,(H,17,18);1H/t7-,10?,11?;/m0./s1. The van der Waals surface area contributed by atoms with Crippen LogP contribution in [0.3, 0.4) is 0 Å². The van der Waals surface area contributed by atoms with Gasteiger partial charge >= 0.3 is 0 Å². The number of carbonyl (C=O) groups is 1. The van der Waals surface area contributed by atoms with Crippen molar-refractivity contribution >= 4 is 18.3 Å². The molecule has 3 atom stereocenters. The van der Waals surface area contributed by atoms with Crippen LogP contribution < -0.4 is 11.1 Å². The van der Waals surface area contributed by atoms with E-state index in [1.54, 1.807) is 0 Å². The molecule has 3 N–H and O–H groups in total. The molecule has 0 aromatic heterocycles. The van der Waals surface area contributed by atoms with Crippen molar-refractivity contribution in [1.82, 2.24) is 5.32 Å². The summed E-state index contributed by atoms with van der Waals surface area (Å²) in [5, 5.41) is 2.76. The van der Waals surface area contributed by atoms with Crippen molar-refractivity contribution < 1.29 is 13.6 Å². The third kappa shape index (κ3) is 3.64. The summed E-state index contributed by atoms with van der Waals surface area (Å²) in [6.07, 6.45) is 0.603. The summed E-state index contributed by atoms with van der Waals surface area (Å²) in [6.45, 7) is 2.18. The molecule has 2 rings (SSSR count). The molecule has 0 bridgehead atoms. The molecule has 1 amide bonds. The van der Waals surface area contributed by atoms with Crippen molar-refractivity contribution in [3.8, 4) is 0 Å². The molecule has 2 unspecified atom stereocenters. The number of rotatable bonds is 4. The van der Waals surface area contributed by atoms with E-state index in [0.29, 0.717) is 18.5 Å². The lowest BCUT2D eigenvalue weighted by Crippen LogP contribution is -2.38. The first-order chi connectivity index (χ1) is 8.52. The molecule has 0 saturated heterocycles. The Morgan fingerprint density at radius 1 is 1.53 bits per heavy atom. The Morgan fingerprint density at radius 2 is 2.21 bits per heavy atom. The summed E-state index contributed by atoms with van der Waals surface area (Å²) in [5.41, 5.74) is 5.82. The Kier molecular flexibility index (Phi) is 5.26. The molecule has 1 aliphatic rings. The van der Waals surface area contributed by atoms with E-state index in [9.17, 15) is 13.6 Å². The van der Waals surface area contributed by atoms with Crippen LogP contribution in [0, 0.1) is 17.6 Å². The van der Waals surface area contributed by atoms with Crippen LogP contribution in [0.2, 0.25) is 0 Å². The van der Waals surface area contributed by atoms with Crippen LogP contribution in [0.15, 0.2) is 18.2 Å². The summed E-state index contributed by atoms with van der Waals surface area (Å²) in [7, 11) is 0. The molecule has 0 heterocycles. The summed E-state index contributed by atoms with van der Waals surface area (Å²) >= 11 is 0. The van der Waals surface area contributed by atoms with Crippen LogP contribution in [0.25, 0.3) is 0 Å². The maximum atomic E-state index is 13.5. The predicted octanol–water partition coefficient (Wildman–Crippen LogP) is 1.95. The summed E-state index contributed by atoms with van der Waals surface area (Å²) < 4.78 is 26.3. The second kappa shape index (κ2) is 6.30. The van der Waals surface area contributed by atoms with Crippen LogP contribution in [-0.4, -0.2) is 18.5 Å². The van der Waals surface area contributed by atoms with E-state index in [4.69, 9.17) is 5.73 Å². The summed E-state index contributed by atoms with van der Waals surface area (Å²) in [6, 6.07) is 3.39. The minimum Gasteiger partial charge on any atom is -0.352 e. The molecule has 1 aliphatic carbocycles. The lowest BCUT2D eigenvalue weighted by molar-refractivity contribution is -0.122. The smallest absolute Gasteiger partial charge is 0.224 e. The van der Waals surface area contributed by atoms with E-state index >= 15 is 0 Å². The normalized spacial score (nSPS) is 22.3. The van der Waals surface area contributed by atoms with Gasteiger partial charge in [-0.25, -0.2) is 8.78 Å². The fourth-order valence-electron chi connectivity index (χ4n) is 2.04. The summed E-state index contributed by atoms with van der Waals surface area (Å²) in [4.78, 5) is 11.8. The number of carbonyl (C=O) groups excluding carboxylic acids is 1. The van der Waals surface area contributed by atoms with Crippen LogP contribution in [0.1, 0.15) is 24.8 Å². The summed E-state index contributed by atoms with van der Waals surface area (Å²) in [5.74, 6) is -1.66. The van der Waals surface area contributed by atoms with Gasteiger partial charge in [-0.1, -0.05) is 6.07 Å². The fourth-order valence-corrected chi connectivity index (χ4v) is 2.04. The maximum Gasteiger partial charge on any atom is 0.224 e. The third-order valence-corrected chi connectivity index (χ3v) is 3.23. The Hall–Kier alpha value is -1.20. The van der Waals surface area contributed by atoms with E-state index in [2.05, 4.69) is 5.32 Å². The minimum atomic E-state index is -0.602. The third-order valence-electron chi connectivity index (χ3n) is 3.23. The zero-order chi connectivity index (χ0) is 13.3. The van der Waals surface area contributed by atoms with Crippen LogP contribution >= 0.6 is 12.4 Å². The van der Waals surface area contributed by atoms with Crippen molar-refractivity contribution in [1.29, 1.82) is 0 Å². The minimum absolute atomic E-state index is 0. The van der Waals surface area contributed by atoms with Crippen LogP contribution in [0.4, 0.5) is 8.78 Å². The Morgan fingerprint density at radius 3 is 2.79 bits per heavy atom. The van der Waals surface area contributed by atoms with Gasteiger partial charge in [0, 0.05) is 24.6 Å². The molecule has 19 heavy (non-hydrogen) atoms. The van der Waals surface area contributed by atoms with Gasteiger partial charge in [-0.2, -0.15) is 0 Å². The largest absolute Gasteiger partial charge is 0.352 e. The lowest BCUT2D eigenvalue weighted by Gasteiger charge is -2.11. The average Bonchev–Trinajstić information content (AvgIpc) is 3.08. The molecule has 1 saturated carbocycles. The van der Waals surface area contributed by atoms with Gasteiger partial charge in [0.15, 0.2) is 0 Å². The predicted molar refractivity (Wildman–Crippen MR) is 71.1 cm³/mol. The van der Waals surface area contributed by atoms with Gasteiger partial charge < -0.3 is 11.1 Å². The first-order valence-corrected chi connectivity index (χ1v) is 5.98. The molecule has 0 aliphatic heterocycles. The van der Waals surface area contributed by atoms with Crippen molar-refractivity contribution in [2.24, 2.45) is 11.7 Å². The van der Waals surface area contributed by atoms with Gasteiger partial charge in [-0.3, -0.25) is 4.79 Å². The number of nitrogens with two attached hydrogens (primary N) is 1. The topological polar surface area (TPSA) is 55.1 Å². The molecule has 1 aromatic carbocycles. The molecule has 106 valence electrons. The number of hydrogen-bond donors (Lipinski definition) is 2. The number of nitrogens with one attached hydrogen (secondary N) is 1. The molecule has 0 radical (unpaired) electrons. The number of benzene rings is 1. The first-order valence-electron chi connectivity index (χ1n) is 5.98. The molecule has 6 heteroatoms. The second-order valence-electron chi connectivity index (χ2n) is 4.76. The Labute approximate surface area is 117 Å². The molecular weight excluding hydrogens is 274 g/mol. The molecule has 1 fully saturated rings. The van der Waals surface area contributed by atoms with Gasteiger partial charge in [0.2, 0.25) is 5.91 Å². The number of hydrogen-bond acceptors (Lipinski definition) is 2. The highest BCUT2D eigenvalue weighted by Gasteiger charge is 2.45. The quantitative estimate of drug-likeness (QED) is 0.890. The van der Waals surface area contributed by atoms with Gasteiger partial charge in [0.1, 0.15) is 11.6 Å². The van der Waals surface area contributed by atoms with Crippen LogP contribution in [-0.2, 0) is 4.79 Å². The number of amides is 1. The monoisotopic (exact) mass is 290 g/mol. The van der Waals surface area contributed by atoms with Crippen molar-refractivity contribution in [3.63, 3.8) is 0 Å². The fraction of sp³-hybridized carbons (Fsp3) is 0.462. The van der Waals surface area contributed by atoms with Gasteiger partial charge in [0.05, 0.1) is 0 Å². The average molecular weight is 291 g/mol. The van der Waals surface area contributed by atoms with Gasteiger partial charge in [0.25, 0.3) is 0 Å². The van der Waals surface area contributed by atoms with Gasteiger partial charge in [-0.15, -0.1) is 12.4 Å². The van der Waals surface area contributed by atoms with E-state index in [1.165, 1.54) is 12.1 Å². The van der Waals surface area contributed by atoms with E-state index < -0.39 is 11.6 Å². The molecule has 3 nitrogen and oxygen atoms in total. The lowest BCUT2D eigenvalue weighted by atomic mass is 10.1. The number of halogens is 3. The highest BCUT2D eigenvalue weighted by Crippen LogP contribution is 2.48. The van der Waals surface area contributed by atoms with Crippen LogP contribution in [0.5, 0.6) is 0 Å². The van der Waals surface area contributed by atoms with E-state index in [0.717, 1.165) is 6.07 Å². The SMILES string of the molecule is C[C@@H](CN)NC(=O)C1CC1c1ccc(F)cc1F.Cl. The van der Waals surface area contributed by atoms with Crippen molar-refractivity contribution in [2.45, 2.75) is 25.3 Å². The van der Waals surface area contributed by atoms with E-state index in [-0.39, 0.29) is 36.2 Å². The highest BCUT2D eigenvalue weighted by molar-refractivity contribution is 5.85. The molecular formula is C13H17ClF2N2O. The highest BCUT2D eigenvalue weighted by atomic mass is 35.5. The Bertz CT molecular complexity index is 470. The first kappa shape index (κ1) is 15.9. The Balaban J connectivity index is 0.00000180. The van der Waals surface area contributed by atoms with Crippen molar-refractivity contribution in [3.05, 3.63) is 35.4 Å². The maximum absolute atomic E-state index is 13.5. The molecule has 0 spiro atoms.